The summed E-state index contributed by atoms with van der Waals surface area (Å²) in [5, 5.41) is 13.4. The maximum absolute atomic E-state index is 5.89. The second-order valence-corrected chi connectivity index (χ2v) is 6.83. The van der Waals surface area contributed by atoms with Crippen molar-refractivity contribution in [1.29, 1.82) is 0 Å². The summed E-state index contributed by atoms with van der Waals surface area (Å²) in [6.07, 6.45) is 3.21. The molecule has 2 aromatic carbocycles. The van der Waals surface area contributed by atoms with Crippen molar-refractivity contribution in [3.8, 4) is 22.2 Å². The van der Waals surface area contributed by atoms with E-state index in [-0.39, 0.29) is 0 Å². The molecule has 6 nitrogen and oxygen atoms in total. The van der Waals surface area contributed by atoms with Crippen LogP contribution in [0.3, 0.4) is 0 Å². The van der Waals surface area contributed by atoms with E-state index in [0.717, 1.165) is 26.5 Å². The molecule has 0 aliphatic carbocycles. The third-order valence-electron chi connectivity index (χ3n) is 4.00. The van der Waals surface area contributed by atoms with Crippen molar-refractivity contribution in [1.82, 2.24) is 19.9 Å². The van der Waals surface area contributed by atoms with Crippen molar-refractivity contribution in [2.24, 2.45) is 5.10 Å². The van der Waals surface area contributed by atoms with Gasteiger partial charge in [-0.25, -0.2) is 4.98 Å². The van der Waals surface area contributed by atoms with Crippen LogP contribution in [0.15, 0.2) is 82.6 Å². The van der Waals surface area contributed by atoms with Gasteiger partial charge in [-0.15, -0.1) is 21.5 Å². The predicted octanol–water partition coefficient (Wildman–Crippen LogP) is 4.70. The number of para-hydroxylation sites is 1. The van der Waals surface area contributed by atoms with E-state index < -0.39 is 0 Å². The van der Waals surface area contributed by atoms with Crippen LogP contribution in [-0.2, 0) is 0 Å². The monoisotopic (exact) mass is 371 g/mol. The summed E-state index contributed by atoms with van der Waals surface area (Å²) < 4.78 is 8.64. The molecule has 0 aliphatic rings. The van der Waals surface area contributed by atoms with Crippen LogP contribution < -0.4 is 0 Å². The first-order valence-electron chi connectivity index (χ1n) is 8.32. The molecule has 0 bridgehead atoms. The number of benzene rings is 2. The summed E-state index contributed by atoms with van der Waals surface area (Å²) in [5.74, 6) is 2.03. The Bertz CT molecular complexity index is 1200. The highest BCUT2D eigenvalue weighted by molar-refractivity contribution is 7.21. The van der Waals surface area contributed by atoms with Crippen LogP contribution in [0.5, 0.6) is 0 Å². The van der Waals surface area contributed by atoms with Crippen LogP contribution in [0.25, 0.3) is 32.4 Å². The normalized spacial score (nSPS) is 11.6. The Morgan fingerprint density at radius 2 is 1.81 bits per heavy atom. The first-order valence-corrected chi connectivity index (χ1v) is 9.14. The summed E-state index contributed by atoms with van der Waals surface area (Å²) in [6, 6.07) is 21.6. The van der Waals surface area contributed by atoms with Crippen LogP contribution in [-0.4, -0.2) is 26.1 Å². The van der Waals surface area contributed by atoms with Crippen molar-refractivity contribution in [3.63, 3.8) is 0 Å². The quantitative estimate of drug-likeness (QED) is 0.430. The average Bonchev–Trinajstić information content (AvgIpc) is 3.45. The fourth-order valence-electron chi connectivity index (χ4n) is 2.73. The topological polar surface area (TPSA) is 69.1 Å². The molecule has 7 heteroatoms. The first-order chi connectivity index (χ1) is 13.4. The van der Waals surface area contributed by atoms with E-state index in [1.807, 2.05) is 60.7 Å². The minimum Gasteiger partial charge on any atom is -0.453 e. The lowest BCUT2D eigenvalue weighted by atomic mass is 10.2. The van der Waals surface area contributed by atoms with E-state index in [2.05, 4.69) is 26.3 Å². The summed E-state index contributed by atoms with van der Waals surface area (Å²) in [5.41, 5.74) is 1.92. The molecule has 0 saturated carbocycles. The lowest BCUT2D eigenvalue weighted by molar-refractivity contribution is 0.574. The van der Waals surface area contributed by atoms with Gasteiger partial charge in [0.05, 0.1) is 16.4 Å². The van der Waals surface area contributed by atoms with Crippen molar-refractivity contribution in [3.05, 3.63) is 78.8 Å². The van der Waals surface area contributed by atoms with Crippen molar-refractivity contribution >= 4 is 27.8 Å². The zero-order valence-electron chi connectivity index (χ0n) is 14.1. The SMILES string of the molecule is C(=N/n1cnnc1-c1ccccc1)/c1ccc(-c2nc3ccccc3s2)o1. The van der Waals surface area contributed by atoms with Crippen molar-refractivity contribution < 1.29 is 4.42 Å². The molecule has 27 heavy (non-hydrogen) atoms. The van der Waals surface area contributed by atoms with Crippen LogP contribution in [0, 0.1) is 0 Å². The highest BCUT2D eigenvalue weighted by atomic mass is 32.1. The number of furan rings is 1. The number of aromatic nitrogens is 4. The molecule has 0 atom stereocenters. The number of hydrogen-bond donors (Lipinski definition) is 0. The van der Waals surface area contributed by atoms with Gasteiger partial charge in [-0.2, -0.15) is 9.78 Å². The molecule has 130 valence electrons. The second-order valence-electron chi connectivity index (χ2n) is 5.80. The first kappa shape index (κ1) is 15.7. The maximum Gasteiger partial charge on any atom is 0.184 e. The molecule has 5 aromatic rings. The number of fused-ring (bicyclic) bond motifs is 1. The highest BCUT2D eigenvalue weighted by Crippen LogP contribution is 2.30. The maximum atomic E-state index is 5.89. The lowest BCUT2D eigenvalue weighted by Gasteiger charge is -1.99. The van der Waals surface area contributed by atoms with E-state index in [1.165, 1.54) is 0 Å². The zero-order chi connectivity index (χ0) is 18.1. The summed E-state index contributed by atoms with van der Waals surface area (Å²) in [6.45, 7) is 0. The van der Waals surface area contributed by atoms with E-state index in [9.17, 15) is 0 Å². The molecule has 0 unspecified atom stereocenters. The minimum atomic E-state index is 0.636. The largest absolute Gasteiger partial charge is 0.453 e. The fraction of sp³-hybridized carbons (Fsp3) is 0. The molecular formula is C20H13N5OS. The van der Waals surface area contributed by atoms with Gasteiger partial charge in [0.15, 0.2) is 16.6 Å². The van der Waals surface area contributed by atoms with Crippen LogP contribution >= 0.6 is 11.3 Å². The van der Waals surface area contributed by atoms with Crippen molar-refractivity contribution in [2.45, 2.75) is 0 Å². The van der Waals surface area contributed by atoms with Gasteiger partial charge >= 0.3 is 0 Å². The van der Waals surface area contributed by atoms with E-state index >= 15 is 0 Å². The number of thiazole rings is 1. The molecule has 3 aromatic heterocycles. The van der Waals surface area contributed by atoms with Crippen LogP contribution in [0.2, 0.25) is 0 Å². The van der Waals surface area contributed by atoms with Gasteiger partial charge in [0, 0.05) is 5.56 Å². The smallest absolute Gasteiger partial charge is 0.184 e. The predicted molar refractivity (Wildman–Crippen MR) is 106 cm³/mol. The second kappa shape index (κ2) is 6.62. The molecule has 0 aliphatic heterocycles. The van der Waals surface area contributed by atoms with Crippen LogP contribution in [0.4, 0.5) is 0 Å². The average molecular weight is 371 g/mol. The number of rotatable bonds is 4. The molecule has 0 saturated heterocycles. The third-order valence-corrected chi connectivity index (χ3v) is 5.05. The molecule has 0 amide bonds. The Morgan fingerprint density at radius 1 is 0.963 bits per heavy atom. The van der Waals surface area contributed by atoms with E-state index in [0.29, 0.717) is 11.6 Å². The van der Waals surface area contributed by atoms with Gasteiger partial charge < -0.3 is 4.42 Å². The highest BCUT2D eigenvalue weighted by Gasteiger charge is 2.10. The Kier molecular flexibility index (Phi) is 3.84. The molecular weight excluding hydrogens is 358 g/mol. The standard InChI is InChI=1S/C20H13N5OS/c1-2-6-14(7-3-1)19-24-21-13-25(19)22-12-15-10-11-17(26-15)20-23-16-8-4-5-9-18(16)27-20/h1-13H/b22-12-. The number of nitrogens with zero attached hydrogens (tertiary/aromatic N) is 5. The summed E-state index contributed by atoms with van der Waals surface area (Å²) in [7, 11) is 0. The molecule has 0 spiro atoms. The van der Waals surface area contributed by atoms with Gasteiger partial charge in [0.2, 0.25) is 0 Å². The summed E-state index contributed by atoms with van der Waals surface area (Å²) >= 11 is 1.60. The minimum absolute atomic E-state index is 0.636. The summed E-state index contributed by atoms with van der Waals surface area (Å²) in [4.78, 5) is 4.62. The third kappa shape index (κ3) is 3.04. The van der Waals surface area contributed by atoms with Gasteiger partial charge in [-0.3, -0.25) is 0 Å². The Labute approximate surface area is 158 Å². The molecule has 3 heterocycles. The van der Waals surface area contributed by atoms with E-state index in [1.54, 1.807) is 28.6 Å². The Morgan fingerprint density at radius 3 is 2.70 bits per heavy atom. The molecule has 0 radical (unpaired) electrons. The lowest BCUT2D eigenvalue weighted by Crippen LogP contribution is -1.92. The van der Waals surface area contributed by atoms with Crippen LogP contribution in [0.1, 0.15) is 5.76 Å². The molecule has 0 N–H and O–H groups in total. The molecule has 5 rings (SSSR count). The Hall–Kier alpha value is -3.58. The molecule has 0 fully saturated rings. The van der Waals surface area contributed by atoms with Gasteiger partial charge in [0.25, 0.3) is 0 Å². The van der Waals surface area contributed by atoms with E-state index in [4.69, 9.17) is 4.42 Å². The van der Waals surface area contributed by atoms with Gasteiger partial charge in [0.1, 0.15) is 12.1 Å². The fourth-order valence-corrected chi connectivity index (χ4v) is 3.65. The van der Waals surface area contributed by atoms with Gasteiger partial charge in [-0.05, 0) is 24.3 Å². The Balaban J connectivity index is 1.42. The number of hydrogen-bond acceptors (Lipinski definition) is 6. The zero-order valence-corrected chi connectivity index (χ0v) is 14.9. The van der Waals surface area contributed by atoms with Crippen molar-refractivity contribution in [2.75, 3.05) is 0 Å². The van der Waals surface area contributed by atoms with Gasteiger partial charge in [-0.1, -0.05) is 42.5 Å².